The molecule has 1 rings (SSSR count). The van der Waals surface area contributed by atoms with Gasteiger partial charge in [0.2, 0.25) is 0 Å². The van der Waals surface area contributed by atoms with Gasteiger partial charge in [-0.1, -0.05) is 0 Å². The van der Waals surface area contributed by atoms with Crippen molar-refractivity contribution in [3.63, 3.8) is 0 Å². The lowest BCUT2D eigenvalue weighted by molar-refractivity contribution is -0.140. The van der Waals surface area contributed by atoms with Gasteiger partial charge < -0.3 is 14.8 Å². The van der Waals surface area contributed by atoms with Crippen molar-refractivity contribution in [3.05, 3.63) is 0 Å². The number of esters is 1. The van der Waals surface area contributed by atoms with Crippen LogP contribution in [-0.2, 0) is 14.3 Å². The Morgan fingerprint density at radius 3 is 2.39 bits per heavy atom. The fraction of sp³-hybridized carbons (Fsp3) is 0.846. The summed E-state index contributed by atoms with van der Waals surface area (Å²) in [6.07, 6.45) is 2.72. The first-order valence-electron chi connectivity index (χ1n) is 6.38. The number of methoxy groups -OCH3 is 1. The summed E-state index contributed by atoms with van der Waals surface area (Å²) in [5.74, 6) is 0.230. The average Bonchev–Trinajstić information content (AvgIpc) is 3.04. The Kier molecular flexibility index (Phi) is 4.99. The number of carbonyl (C=O) groups excluding carboxylic acids is 2. The fourth-order valence-electron chi connectivity index (χ4n) is 1.76. The monoisotopic (exact) mass is 257 g/mol. The maximum absolute atomic E-state index is 11.7. The molecule has 0 radical (unpaired) electrons. The molecule has 0 unspecified atom stereocenters. The van der Waals surface area contributed by atoms with Crippen LogP contribution in [0, 0.1) is 5.92 Å². The van der Waals surface area contributed by atoms with Crippen molar-refractivity contribution in [2.45, 2.75) is 58.1 Å². The molecule has 1 fully saturated rings. The molecule has 104 valence electrons. The van der Waals surface area contributed by atoms with Crippen LogP contribution >= 0.6 is 0 Å². The molecule has 0 aromatic rings. The van der Waals surface area contributed by atoms with E-state index >= 15 is 0 Å². The van der Waals surface area contributed by atoms with Gasteiger partial charge in [0.05, 0.1) is 7.11 Å². The molecule has 5 nitrogen and oxygen atoms in total. The van der Waals surface area contributed by atoms with Crippen molar-refractivity contribution in [1.29, 1.82) is 0 Å². The second kappa shape index (κ2) is 6.07. The number of carbonyl (C=O) groups is 2. The van der Waals surface area contributed by atoms with Crippen molar-refractivity contribution in [2.75, 3.05) is 7.11 Å². The van der Waals surface area contributed by atoms with E-state index in [0.717, 1.165) is 12.8 Å². The first-order chi connectivity index (χ1) is 8.31. The predicted octanol–water partition coefficient (Wildman–Crippen LogP) is 2.24. The summed E-state index contributed by atoms with van der Waals surface area (Å²) in [7, 11) is 1.37. The van der Waals surface area contributed by atoms with Crippen LogP contribution in [0.15, 0.2) is 0 Å². The summed E-state index contributed by atoms with van der Waals surface area (Å²) >= 11 is 0. The summed E-state index contributed by atoms with van der Waals surface area (Å²) < 4.78 is 9.82. The van der Waals surface area contributed by atoms with Crippen LogP contribution in [0.25, 0.3) is 0 Å². The third-order valence-electron chi connectivity index (χ3n) is 2.78. The van der Waals surface area contributed by atoms with Crippen molar-refractivity contribution in [3.8, 4) is 0 Å². The lowest BCUT2D eigenvalue weighted by atomic mass is 10.1. The summed E-state index contributed by atoms with van der Waals surface area (Å²) in [6, 6.07) is 0.0129. The Bertz CT molecular complexity index is 305. The molecule has 0 aliphatic heterocycles. The molecule has 0 aromatic heterocycles. The molecule has 1 N–H and O–H groups in total. The van der Waals surface area contributed by atoms with Gasteiger partial charge in [-0.05, 0) is 46.0 Å². The molecule has 1 aliphatic rings. The van der Waals surface area contributed by atoms with Crippen LogP contribution in [0.5, 0.6) is 0 Å². The molecule has 0 heterocycles. The van der Waals surface area contributed by atoms with Crippen LogP contribution in [0.2, 0.25) is 0 Å². The van der Waals surface area contributed by atoms with E-state index in [1.165, 1.54) is 7.11 Å². The minimum Gasteiger partial charge on any atom is -0.469 e. The minimum absolute atomic E-state index is 0.0129. The molecule has 0 bridgehead atoms. The Hall–Kier alpha value is -1.26. The van der Waals surface area contributed by atoms with E-state index in [9.17, 15) is 9.59 Å². The van der Waals surface area contributed by atoms with E-state index in [2.05, 4.69) is 10.1 Å². The summed E-state index contributed by atoms with van der Waals surface area (Å²) in [5.41, 5.74) is -0.499. The molecule has 18 heavy (non-hydrogen) atoms. The Balaban J connectivity index is 2.38. The number of rotatable bonds is 5. The highest BCUT2D eigenvalue weighted by Gasteiger charge is 2.33. The van der Waals surface area contributed by atoms with E-state index in [1.807, 2.05) is 20.8 Å². The van der Waals surface area contributed by atoms with Gasteiger partial charge in [0.15, 0.2) is 0 Å². The molecular formula is C13H23NO4. The zero-order valence-corrected chi connectivity index (χ0v) is 11.6. The van der Waals surface area contributed by atoms with Gasteiger partial charge >= 0.3 is 12.1 Å². The summed E-state index contributed by atoms with van der Waals surface area (Å²) in [4.78, 5) is 22.8. The molecular weight excluding hydrogens is 234 g/mol. The van der Waals surface area contributed by atoms with Crippen molar-refractivity contribution in [2.24, 2.45) is 5.92 Å². The first-order valence-corrected chi connectivity index (χ1v) is 6.38. The van der Waals surface area contributed by atoms with E-state index < -0.39 is 11.7 Å². The zero-order chi connectivity index (χ0) is 13.8. The summed E-state index contributed by atoms with van der Waals surface area (Å²) in [6.45, 7) is 5.48. The van der Waals surface area contributed by atoms with Crippen molar-refractivity contribution < 1.29 is 19.1 Å². The Morgan fingerprint density at radius 2 is 1.94 bits per heavy atom. The quantitative estimate of drug-likeness (QED) is 0.767. The standard InChI is InChI=1S/C13H23NO4/c1-13(2,3)18-12(16)14-10(9-5-6-9)7-8-11(15)17-4/h9-10H,5-8H2,1-4H3,(H,14,16)/t10-/m1/s1. The van der Waals surface area contributed by atoms with Crippen LogP contribution in [0.4, 0.5) is 4.79 Å². The van der Waals surface area contributed by atoms with Gasteiger partial charge in [-0.25, -0.2) is 4.79 Å². The second-order valence-corrected chi connectivity index (χ2v) is 5.70. The number of nitrogens with one attached hydrogen (secondary N) is 1. The minimum atomic E-state index is -0.499. The van der Waals surface area contributed by atoms with Crippen LogP contribution < -0.4 is 5.32 Å². The number of amides is 1. The molecule has 0 spiro atoms. The highest BCUT2D eigenvalue weighted by Crippen LogP contribution is 2.34. The molecule has 1 aliphatic carbocycles. The number of hydrogen-bond donors (Lipinski definition) is 1. The van der Waals surface area contributed by atoms with E-state index in [1.54, 1.807) is 0 Å². The highest BCUT2D eigenvalue weighted by molar-refractivity contribution is 5.70. The Morgan fingerprint density at radius 1 is 1.33 bits per heavy atom. The molecule has 1 atom stereocenters. The lowest BCUT2D eigenvalue weighted by Crippen LogP contribution is -2.40. The largest absolute Gasteiger partial charge is 0.469 e. The predicted molar refractivity (Wildman–Crippen MR) is 67.1 cm³/mol. The maximum atomic E-state index is 11.7. The zero-order valence-electron chi connectivity index (χ0n) is 11.6. The molecule has 5 heteroatoms. The normalized spacial score (nSPS) is 16.9. The van der Waals surface area contributed by atoms with Gasteiger partial charge in [-0.3, -0.25) is 4.79 Å². The van der Waals surface area contributed by atoms with Gasteiger partial charge in [-0.15, -0.1) is 0 Å². The van der Waals surface area contributed by atoms with E-state index in [-0.39, 0.29) is 12.0 Å². The molecule has 1 amide bonds. The average molecular weight is 257 g/mol. The maximum Gasteiger partial charge on any atom is 0.407 e. The Labute approximate surface area is 108 Å². The molecule has 1 saturated carbocycles. The van der Waals surface area contributed by atoms with Crippen molar-refractivity contribution in [1.82, 2.24) is 5.32 Å². The third-order valence-corrected chi connectivity index (χ3v) is 2.78. The van der Waals surface area contributed by atoms with Gasteiger partial charge in [0.1, 0.15) is 5.60 Å². The third kappa shape index (κ3) is 5.89. The van der Waals surface area contributed by atoms with Crippen LogP contribution in [-0.4, -0.2) is 30.8 Å². The first kappa shape index (κ1) is 14.8. The fourth-order valence-corrected chi connectivity index (χ4v) is 1.76. The second-order valence-electron chi connectivity index (χ2n) is 5.70. The highest BCUT2D eigenvalue weighted by atomic mass is 16.6. The van der Waals surface area contributed by atoms with Crippen LogP contribution in [0.1, 0.15) is 46.5 Å². The molecule has 0 aromatic carbocycles. The lowest BCUT2D eigenvalue weighted by Gasteiger charge is -2.23. The summed E-state index contributed by atoms with van der Waals surface area (Å²) in [5, 5.41) is 2.85. The van der Waals surface area contributed by atoms with Crippen molar-refractivity contribution >= 4 is 12.1 Å². The SMILES string of the molecule is COC(=O)CC[C@@H](NC(=O)OC(C)(C)C)C1CC1. The van der Waals surface area contributed by atoms with E-state index in [4.69, 9.17) is 4.74 Å². The number of ether oxygens (including phenoxy) is 2. The van der Waals surface area contributed by atoms with Crippen LogP contribution in [0.3, 0.4) is 0 Å². The smallest absolute Gasteiger partial charge is 0.407 e. The van der Waals surface area contributed by atoms with Gasteiger partial charge in [-0.2, -0.15) is 0 Å². The van der Waals surface area contributed by atoms with Gasteiger partial charge in [0.25, 0.3) is 0 Å². The topological polar surface area (TPSA) is 64.6 Å². The van der Waals surface area contributed by atoms with Gasteiger partial charge in [0, 0.05) is 12.5 Å². The molecule has 0 saturated heterocycles. The number of alkyl carbamates (subject to hydrolysis) is 1. The van der Waals surface area contributed by atoms with E-state index in [0.29, 0.717) is 18.8 Å². The number of hydrogen-bond acceptors (Lipinski definition) is 4.